The van der Waals surface area contributed by atoms with Gasteiger partial charge < -0.3 is 15.6 Å². The number of fused-ring (bicyclic) bond motifs is 1. The van der Waals surface area contributed by atoms with Crippen molar-refractivity contribution in [3.8, 4) is 0 Å². The number of carbonyl (C=O) groups excluding carboxylic acids is 1. The lowest BCUT2D eigenvalue weighted by molar-refractivity contribution is -0.118. The number of nitrogens with two attached hydrogens (primary N) is 1. The van der Waals surface area contributed by atoms with E-state index in [0.717, 1.165) is 32.5 Å². The summed E-state index contributed by atoms with van der Waals surface area (Å²) in [6.45, 7) is 2.80. The second kappa shape index (κ2) is 6.60. The highest BCUT2D eigenvalue weighted by Crippen LogP contribution is 2.34. The van der Waals surface area contributed by atoms with Crippen LogP contribution in [0.15, 0.2) is 0 Å². The Morgan fingerprint density at radius 2 is 2.14 bits per heavy atom. The van der Waals surface area contributed by atoms with E-state index < -0.39 is 0 Å². The lowest BCUT2D eigenvalue weighted by Crippen LogP contribution is -2.25. The molecule has 0 unspecified atom stereocenters. The molecule has 1 aliphatic heterocycles. The average Bonchev–Trinajstić information content (AvgIpc) is 2.87. The zero-order valence-electron chi connectivity index (χ0n) is 12.7. The number of hydrogen-bond donors (Lipinski definition) is 2. The van der Waals surface area contributed by atoms with E-state index in [4.69, 9.17) is 10.7 Å². The van der Waals surface area contributed by atoms with Gasteiger partial charge in [-0.15, -0.1) is 0 Å². The van der Waals surface area contributed by atoms with E-state index in [0.29, 0.717) is 12.3 Å². The summed E-state index contributed by atoms with van der Waals surface area (Å²) < 4.78 is 2.41. The highest BCUT2D eigenvalue weighted by atomic mass is 16.1. The van der Waals surface area contributed by atoms with Crippen molar-refractivity contribution in [1.29, 1.82) is 0 Å². The molecule has 1 aromatic heterocycles. The summed E-state index contributed by atoms with van der Waals surface area (Å²) in [7, 11) is 0. The first-order valence-electron chi connectivity index (χ1n) is 8.33. The van der Waals surface area contributed by atoms with Crippen molar-refractivity contribution in [2.45, 2.75) is 70.4 Å². The van der Waals surface area contributed by atoms with Gasteiger partial charge in [0.15, 0.2) is 0 Å². The molecule has 2 heterocycles. The van der Waals surface area contributed by atoms with Crippen molar-refractivity contribution < 1.29 is 4.79 Å². The van der Waals surface area contributed by atoms with Gasteiger partial charge in [0, 0.05) is 44.1 Å². The quantitative estimate of drug-likeness (QED) is 0.869. The average molecular weight is 290 g/mol. The van der Waals surface area contributed by atoms with Crippen LogP contribution in [0.25, 0.3) is 0 Å². The lowest BCUT2D eigenvalue weighted by atomic mass is 9.88. The van der Waals surface area contributed by atoms with E-state index >= 15 is 0 Å². The molecule has 1 amide bonds. The first-order chi connectivity index (χ1) is 10.3. The molecule has 3 N–H and O–H groups in total. The molecule has 2 aliphatic rings. The number of imidazole rings is 1. The molecule has 0 atom stereocenters. The molecule has 116 valence electrons. The van der Waals surface area contributed by atoms with Crippen LogP contribution in [0.2, 0.25) is 0 Å². The Hall–Kier alpha value is -1.36. The lowest BCUT2D eigenvalue weighted by Gasteiger charge is -2.23. The molecule has 1 fully saturated rings. The molecule has 1 saturated carbocycles. The molecular weight excluding hydrogens is 264 g/mol. The topological polar surface area (TPSA) is 72.9 Å². The monoisotopic (exact) mass is 290 g/mol. The number of primary amides is 1. The van der Waals surface area contributed by atoms with Gasteiger partial charge in [0.2, 0.25) is 5.91 Å². The van der Waals surface area contributed by atoms with Gasteiger partial charge in [-0.2, -0.15) is 0 Å². The van der Waals surface area contributed by atoms with Crippen LogP contribution >= 0.6 is 0 Å². The van der Waals surface area contributed by atoms with Crippen LogP contribution in [0.3, 0.4) is 0 Å². The smallest absolute Gasteiger partial charge is 0.217 e. The minimum Gasteiger partial charge on any atom is -0.370 e. The Morgan fingerprint density at radius 3 is 2.90 bits per heavy atom. The third-order valence-electron chi connectivity index (χ3n) is 4.79. The molecule has 21 heavy (non-hydrogen) atoms. The summed E-state index contributed by atoms with van der Waals surface area (Å²) in [5, 5.41) is 3.41. The van der Waals surface area contributed by atoms with Crippen LogP contribution in [-0.4, -0.2) is 22.0 Å². The van der Waals surface area contributed by atoms with Crippen molar-refractivity contribution in [3.63, 3.8) is 0 Å². The fraction of sp³-hybridized carbons (Fsp3) is 0.750. The molecular formula is C16H26N4O. The third kappa shape index (κ3) is 3.28. The number of rotatable bonds is 5. The van der Waals surface area contributed by atoms with Crippen molar-refractivity contribution in [1.82, 2.24) is 14.9 Å². The molecule has 0 aromatic carbocycles. The van der Waals surface area contributed by atoms with Crippen molar-refractivity contribution in [3.05, 3.63) is 17.2 Å². The fourth-order valence-corrected chi connectivity index (χ4v) is 3.72. The van der Waals surface area contributed by atoms with Gasteiger partial charge in [-0.3, -0.25) is 4.79 Å². The van der Waals surface area contributed by atoms with Crippen LogP contribution in [0, 0.1) is 0 Å². The summed E-state index contributed by atoms with van der Waals surface area (Å²) in [6, 6.07) is 0. The van der Waals surface area contributed by atoms with Crippen LogP contribution in [-0.2, 0) is 24.3 Å². The predicted octanol–water partition coefficient (Wildman–Crippen LogP) is 1.84. The largest absolute Gasteiger partial charge is 0.370 e. The van der Waals surface area contributed by atoms with Gasteiger partial charge in [-0.05, 0) is 19.3 Å². The third-order valence-corrected chi connectivity index (χ3v) is 4.79. The number of aromatic nitrogens is 2. The number of nitrogens with zero attached hydrogens (tertiary/aromatic N) is 2. The maximum Gasteiger partial charge on any atom is 0.217 e. The maximum atomic E-state index is 11.0. The Bertz CT molecular complexity index is 503. The van der Waals surface area contributed by atoms with Gasteiger partial charge in [0.05, 0.1) is 5.69 Å². The second-order valence-corrected chi connectivity index (χ2v) is 6.35. The second-order valence-electron chi connectivity index (χ2n) is 6.35. The van der Waals surface area contributed by atoms with Gasteiger partial charge in [-0.25, -0.2) is 4.98 Å². The Kier molecular flexibility index (Phi) is 4.58. The SMILES string of the molecule is NC(=O)CCCn1c(C2CCCCC2)nc2c1CCNC2. The van der Waals surface area contributed by atoms with E-state index in [1.54, 1.807) is 0 Å². The molecule has 0 radical (unpaired) electrons. The summed E-state index contributed by atoms with van der Waals surface area (Å²) in [5.74, 6) is 1.68. The number of carbonyl (C=O) groups is 1. The van der Waals surface area contributed by atoms with Crippen LogP contribution in [0.1, 0.15) is 68.1 Å². The van der Waals surface area contributed by atoms with Gasteiger partial charge >= 0.3 is 0 Å². The van der Waals surface area contributed by atoms with Crippen LogP contribution in [0.5, 0.6) is 0 Å². The maximum absolute atomic E-state index is 11.0. The highest BCUT2D eigenvalue weighted by molar-refractivity contribution is 5.73. The highest BCUT2D eigenvalue weighted by Gasteiger charge is 2.25. The zero-order valence-corrected chi connectivity index (χ0v) is 12.7. The number of amides is 1. The van der Waals surface area contributed by atoms with Crippen LogP contribution < -0.4 is 11.1 Å². The predicted molar refractivity (Wildman–Crippen MR) is 81.9 cm³/mol. The Labute approximate surface area is 126 Å². The molecule has 3 rings (SSSR count). The van der Waals surface area contributed by atoms with Crippen molar-refractivity contribution in [2.24, 2.45) is 5.73 Å². The van der Waals surface area contributed by atoms with E-state index in [-0.39, 0.29) is 5.91 Å². The van der Waals surface area contributed by atoms with E-state index in [1.807, 2.05) is 0 Å². The van der Waals surface area contributed by atoms with Gasteiger partial charge in [0.1, 0.15) is 5.82 Å². The van der Waals surface area contributed by atoms with E-state index in [2.05, 4.69) is 9.88 Å². The van der Waals surface area contributed by atoms with Gasteiger partial charge in [-0.1, -0.05) is 19.3 Å². The zero-order chi connectivity index (χ0) is 14.7. The number of hydrogen-bond acceptors (Lipinski definition) is 3. The normalized spacial score (nSPS) is 19.4. The molecule has 0 bridgehead atoms. The standard InChI is InChI=1S/C16H26N4O/c17-15(21)7-4-10-20-14-8-9-18-11-13(14)19-16(20)12-5-2-1-3-6-12/h12,18H,1-11H2,(H2,17,21). The molecule has 5 nitrogen and oxygen atoms in total. The van der Waals surface area contributed by atoms with Crippen molar-refractivity contribution in [2.75, 3.05) is 6.54 Å². The summed E-state index contributed by atoms with van der Waals surface area (Å²) >= 11 is 0. The number of nitrogens with one attached hydrogen (secondary N) is 1. The minimum absolute atomic E-state index is 0.204. The molecule has 0 spiro atoms. The Balaban J connectivity index is 1.82. The van der Waals surface area contributed by atoms with E-state index in [9.17, 15) is 4.79 Å². The summed E-state index contributed by atoms with van der Waals surface area (Å²) in [5.41, 5.74) is 7.89. The fourth-order valence-electron chi connectivity index (χ4n) is 3.72. The molecule has 1 aliphatic carbocycles. The Morgan fingerprint density at radius 1 is 1.33 bits per heavy atom. The van der Waals surface area contributed by atoms with Crippen molar-refractivity contribution >= 4 is 5.91 Å². The summed E-state index contributed by atoms with van der Waals surface area (Å²) in [6.07, 6.45) is 8.87. The molecule has 5 heteroatoms. The first kappa shape index (κ1) is 14.6. The minimum atomic E-state index is -0.204. The summed E-state index contributed by atoms with van der Waals surface area (Å²) in [4.78, 5) is 15.9. The molecule has 0 saturated heterocycles. The van der Waals surface area contributed by atoms with Gasteiger partial charge in [0.25, 0.3) is 0 Å². The first-order valence-corrected chi connectivity index (χ1v) is 8.33. The molecule has 1 aromatic rings. The van der Waals surface area contributed by atoms with E-state index in [1.165, 1.54) is 49.3 Å². The van der Waals surface area contributed by atoms with Crippen LogP contribution in [0.4, 0.5) is 0 Å².